The van der Waals surface area contributed by atoms with Crippen LogP contribution in [0.4, 0.5) is 4.39 Å². The molecule has 0 amide bonds. The van der Waals surface area contributed by atoms with Crippen LogP contribution in [0.3, 0.4) is 0 Å². The van der Waals surface area contributed by atoms with E-state index in [1.54, 1.807) is 20.8 Å². The van der Waals surface area contributed by atoms with E-state index in [-0.39, 0.29) is 9.92 Å². The van der Waals surface area contributed by atoms with Gasteiger partial charge in [-0.1, -0.05) is 16.5 Å². The molecule has 0 radical (unpaired) electrons. The summed E-state index contributed by atoms with van der Waals surface area (Å²) in [6.45, 7) is 5.01. The van der Waals surface area contributed by atoms with Gasteiger partial charge in [0.25, 0.3) is 10.0 Å². The van der Waals surface area contributed by atoms with E-state index in [1.165, 1.54) is 6.07 Å². The molecule has 0 aliphatic rings. The average molecular weight is 282 g/mol. The third-order valence-electron chi connectivity index (χ3n) is 1.64. The van der Waals surface area contributed by atoms with E-state index in [1.807, 2.05) is 4.89 Å². The predicted octanol–water partition coefficient (Wildman–Crippen LogP) is 2.49. The van der Waals surface area contributed by atoms with Crippen LogP contribution in [0.15, 0.2) is 23.1 Å². The van der Waals surface area contributed by atoms with E-state index < -0.39 is 21.4 Å². The zero-order valence-corrected chi connectivity index (χ0v) is 11.2. The van der Waals surface area contributed by atoms with Crippen LogP contribution in [-0.4, -0.2) is 14.0 Å². The molecule has 1 aromatic carbocycles. The third-order valence-corrected chi connectivity index (χ3v) is 3.30. The molecule has 0 aromatic heterocycles. The molecule has 0 saturated carbocycles. The highest BCUT2D eigenvalue weighted by Crippen LogP contribution is 2.22. The standard InChI is InChI=1S/C10H13ClFNO3S/c1-10(2,3)16-13-17(14,15)9-6-7(12)4-5-8(9)11/h4-6,13H,1-3H3. The first-order valence-corrected chi connectivity index (χ1v) is 6.63. The molecule has 4 nitrogen and oxygen atoms in total. The highest BCUT2D eigenvalue weighted by molar-refractivity contribution is 7.89. The molecule has 0 fully saturated rings. The van der Waals surface area contributed by atoms with Crippen LogP contribution < -0.4 is 4.89 Å². The molecule has 7 heteroatoms. The monoisotopic (exact) mass is 281 g/mol. The largest absolute Gasteiger partial charge is 0.281 e. The van der Waals surface area contributed by atoms with Crippen molar-refractivity contribution in [2.75, 3.05) is 0 Å². The lowest BCUT2D eigenvalue weighted by molar-refractivity contribution is -0.0357. The van der Waals surface area contributed by atoms with Gasteiger partial charge < -0.3 is 0 Å². The summed E-state index contributed by atoms with van der Waals surface area (Å²) in [6, 6.07) is 3.07. The first-order valence-electron chi connectivity index (χ1n) is 4.77. The summed E-state index contributed by atoms with van der Waals surface area (Å²) in [6.07, 6.45) is 0. The van der Waals surface area contributed by atoms with Crippen molar-refractivity contribution in [1.82, 2.24) is 4.89 Å². The number of benzene rings is 1. The molecule has 0 atom stereocenters. The van der Waals surface area contributed by atoms with Gasteiger partial charge in [0.1, 0.15) is 10.7 Å². The van der Waals surface area contributed by atoms with Gasteiger partial charge in [-0.2, -0.15) is 0 Å². The Morgan fingerprint density at radius 1 is 1.35 bits per heavy atom. The van der Waals surface area contributed by atoms with Crippen molar-refractivity contribution >= 4 is 21.6 Å². The van der Waals surface area contributed by atoms with Gasteiger partial charge in [0, 0.05) is 0 Å². The molecule has 0 aliphatic heterocycles. The Kier molecular flexibility index (Phi) is 4.14. The number of hydrogen-bond acceptors (Lipinski definition) is 3. The Morgan fingerprint density at radius 2 is 1.94 bits per heavy atom. The van der Waals surface area contributed by atoms with Gasteiger partial charge in [-0.25, -0.2) is 12.8 Å². The second-order valence-electron chi connectivity index (χ2n) is 4.38. The first-order chi connectivity index (χ1) is 7.62. The Bertz CT molecular complexity index is 511. The van der Waals surface area contributed by atoms with E-state index in [4.69, 9.17) is 16.4 Å². The SMILES string of the molecule is CC(C)(C)ONS(=O)(=O)c1cc(F)ccc1Cl. The molecule has 0 aliphatic carbocycles. The summed E-state index contributed by atoms with van der Waals surface area (Å²) in [5, 5.41) is -0.0728. The molecule has 1 rings (SSSR count). The lowest BCUT2D eigenvalue weighted by Gasteiger charge is -2.19. The Hall–Kier alpha value is -0.690. The number of rotatable bonds is 3. The van der Waals surface area contributed by atoms with Crippen molar-refractivity contribution in [1.29, 1.82) is 0 Å². The molecule has 0 saturated heterocycles. The summed E-state index contributed by atoms with van der Waals surface area (Å²) >= 11 is 5.69. The summed E-state index contributed by atoms with van der Waals surface area (Å²) in [5.74, 6) is -0.689. The van der Waals surface area contributed by atoms with Gasteiger partial charge in [0.05, 0.1) is 10.6 Å². The Balaban J connectivity index is 3.02. The molecular weight excluding hydrogens is 269 g/mol. The van der Waals surface area contributed by atoms with Crippen LogP contribution in [0.25, 0.3) is 0 Å². The molecule has 0 spiro atoms. The van der Waals surface area contributed by atoms with E-state index in [0.717, 1.165) is 12.1 Å². The maximum atomic E-state index is 13.0. The fourth-order valence-corrected chi connectivity index (χ4v) is 2.37. The van der Waals surface area contributed by atoms with Gasteiger partial charge in [0.2, 0.25) is 0 Å². The van der Waals surface area contributed by atoms with Crippen molar-refractivity contribution in [2.45, 2.75) is 31.3 Å². The highest BCUT2D eigenvalue weighted by atomic mass is 35.5. The predicted molar refractivity (Wildman–Crippen MR) is 62.6 cm³/mol. The fourth-order valence-electron chi connectivity index (χ4n) is 0.908. The van der Waals surface area contributed by atoms with Crippen LogP contribution >= 0.6 is 11.6 Å². The number of hydrogen-bond donors (Lipinski definition) is 1. The molecule has 0 bridgehead atoms. The maximum absolute atomic E-state index is 13.0. The van der Waals surface area contributed by atoms with Gasteiger partial charge in [-0.05, 0) is 39.0 Å². The molecule has 1 aromatic rings. The van der Waals surface area contributed by atoms with E-state index in [0.29, 0.717) is 0 Å². The molecule has 96 valence electrons. The fraction of sp³-hybridized carbons (Fsp3) is 0.400. The van der Waals surface area contributed by atoms with E-state index in [2.05, 4.69) is 0 Å². The smallest absolute Gasteiger partial charge is 0.264 e. The molecule has 17 heavy (non-hydrogen) atoms. The first kappa shape index (κ1) is 14.4. The topological polar surface area (TPSA) is 55.4 Å². The van der Waals surface area contributed by atoms with Crippen molar-refractivity contribution in [3.63, 3.8) is 0 Å². The molecule has 1 N–H and O–H groups in total. The quantitative estimate of drug-likeness (QED) is 0.866. The van der Waals surface area contributed by atoms with Gasteiger partial charge in [-0.15, -0.1) is 0 Å². The second kappa shape index (κ2) is 4.89. The minimum absolute atomic E-state index is 0.0728. The third kappa shape index (κ3) is 4.23. The van der Waals surface area contributed by atoms with Crippen LogP contribution in [0.1, 0.15) is 20.8 Å². The van der Waals surface area contributed by atoms with Crippen LogP contribution in [0, 0.1) is 5.82 Å². The van der Waals surface area contributed by atoms with Gasteiger partial charge >= 0.3 is 0 Å². The second-order valence-corrected chi connectivity index (χ2v) is 6.40. The maximum Gasteiger partial charge on any atom is 0.264 e. The average Bonchev–Trinajstić information content (AvgIpc) is 2.18. The van der Waals surface area contributed by atoms with Crippen molar-refractivity contribution in [3.8, 4) is 0 Å². The Labute approximate surface area is 105 Å². The summed E-state index contributed by atoms with van der Waals surface area (Å²) in [4.78, 5) is 6.47. The van der Waals surface area contributed by atoms with Crippen molar-refractivity contribution in [3.05, 3.63) is 29.0 Å². The molecular formula is C10H13ClFNO3S. The summed E-state index contributed by atoms with van der Waals surface area (Å²) < 4.78 is 36.5. The normalized spacial score (nSPS) is 12.8. The van der Waals surface area contributed by atoms with Crippen molar-refractivity contribution in [2.24, 2.45) is 0 Å². The van der Waals surface area contributed by atoms with Crippen LogP contribution in [0.2, 0.25) is 5.02 Å². The zero-order chi connectivity index (χ0) is 13.3. The van der Waals surface area contributed by atoms with Crippen LogP contribution in [-0.2, 0) is 14.9 Å². The minimum atomic E-state index is -3.99. The van der Waals surface area contributed by atoms with Crippen molar-refractivity contribution < 1.29 is 17.6 Å². The number of halogens is 2. The van der Waals surface area contributed by atoms with Crippen LogP contribution in [0.5, 0.6) is 0 Å². The molecule has 0 unspecified atom stereocenters. The Morgan fingerprint density at radius 3 is 2.47 bits per heavy atom. The van der Waals surface area contributed by atoms with Gasteiger partial charge in [-0.3, -0.25) is 4.84 Å². The summed E-state index contributed by atoms with van der Waals surface area (Å²) in [7, 11) is -3.99. The van der Waals surface area contributed by atoms with E-state index >= 15 is 0 Å². The minimum Gasteiger partial charge on any atom is -0.281 e. The summed E-state index contributed by atoms with van der Waals surface area (Å²) in [5.41, 5.74) is -0.702. The zero-order valence-electron chi connectivity index (χ0n) is 9.62. The highest BCUT2D eigenvalue weighted by Gasteiger charge is 2.22. The van der Waals surface area contributed by atoms with Gasteiger partial charge in [0.15, 0.2) is 0 Å². The lowest BCUT2D eigenvalue weighted by atomic mass is 10.2. The number of nitrogens with one attached hydrogen (secondary N) is 1. The van der Waals surface area contributed by atoms with E-state index in [9.17, 15) is 12.8 Å². The lowest BCUT2D eigenvalue weighted by Crippen LogP contribution is -2.33. The molecule has 0 heterocycles. The number of sulfonamides is 1.